The van der Waals surface area contributed by atoms with E-state index in [0.717, 1.165) is 5.56 Å². The number of aromatic nitrogens is 2. The van der Waals surface area contributed by atoms with Gasteiger partial charge in [-0.2, -0.15) is 0 Å². The van der Waals surface area contributed by atoms with Gasteiger partial charge in [0.05, 0.1) is 44.1 Å². The number of hydrogen-bond donors (Lipinski definition) is 3. The number of nitrogens with one attached hydrogen (secondary N) is 2. The van der Waals surface area contributed by atoms with Gasteiger partial charge in [0.1, 0.15) is 5.75 Å². The maximum atomic E-state index is 12.4. The van der Waals surface area contributed by atoms with E-state index in [2.05, 4.69) is 20.6 Å². The first-order chi connectivity index (χ1) is 13.6. The van der Waals surface area contributed by atoms with Crippen molar-refractivity contribution in [1.29, 1.82) is 0 Å². The summed E-state index contributed by atoms with van der Waals surface area (Å²) in [6, 6.07) is 6.85. The number of carbonyl (C=O) groups is 2. The first kappa shape index (κ1) is 19.8. The third-order valence-corrected chi connectivity index (χ3v) is 4.85. The van der Waals surface area contributed by atoms with Crippen molar-refractivity contribution in [2.75, 3.05) is 7.11 Å². The van der Waals surface area contributed by atoms with Crippen molar-refractivity contribution >= 4 is 11.8 Å². The Hall–Kier alpha value is -3.00. The molecule has 1 fully saturated rings. The van der Waals surface area contributed by atoms with Gasteiger partial charge >= 0.3 is 0 Å². The molecule has 1 heterocycles. The molecule has 3 atom stereocenters. The van der Waals surface area contributed by atoms with Gasteiger partial charge in [0.2, 0.25) is 11.8 Å². The van der Waals surface area contributed by atoms with E-state index in [-0.39, 0.29) is 30.7 Å². The van der Waals surface area contributed by atoms with E-state index in [4.69, 9.17) is 4.74 Å². The molecule has 0 aliphatic heterocycles. The molecule has 1 aromatic carbocycles. The van der Waals surface area contributed by atoms with E-state index in [1.807, 2.05) is 18.2 Å². The lowest BCUT2D eigenvalue weighted by molar-refractivity contribution is -0.125. The van der Waals surface area contributed by atoms with Gasteiger partial charge in [0.25, 0.3) is 0 Å². The van der Waals surface area contributed by atoms with Gasteiger partial charge in [0.15, 0.2) is 0 Å². The largest absolute Gasteiger partial charge is 0.496 e. The molecule has 0 radical (unpaired) electrons. The Labute approximate surface area is 163 Å². The molecular formula is C20H24N4O4. The Kier molecular flexibility index (Phi) is 6.54. The number of benzene rings is 1. The van der Waals surface area contributed by atoms with Crippen LogP contribution in [0, 0.1) is 5.92 Å². The molecule has 0 saturated heterocycles. The molecule has 3 N–H and O–H groups in total. The van der Waals surface area contributed by atoms with E-state index < -0.39 is 12.1 Å². The summed E-state index contributed by atoms with van der Waals surface area (Å²) >= 11 is 0. The zero-order valence-corrected chi connectivity index (χ0v) is 15.7. The molecule has 8 heteroatoms. The molecule has 1 saturated carbocycles. The fraction of sp³-hybridized carbons (Fsp3) is 0.400. The van der Waals surface area contributed by atoms with E-state index in [1.54, 1.807) is 31.8 Å². The van der Waals surface area contributed by atoms with Crippen molar-refractivity contribution < 1.29 is 19.4 Å². The summed E-state index contributed by atoms with van der Waals surface area (Å²) in [6.07, 6.45) is 4.82. The average molecular weight is 384 g/mol. The second-order valence-electron chi connectivity index (χ2n) is 6.81. The van der Waals surface area contributed by atoms with Gasteiger partial charge in [0, 0.05) is 23.9 Å². The van der Waals surface area contributed by atoms with Gasteiger partial charge < -0.3 is 20.5 Å². The quantitative estimate of drug-likeness (QED) is 0.644. The molecule has 0 unspecified atom stereocenters. The van der Waals surface area contributed by atoms with Crippen molar-refractivity contribution in [3.8, 4) is 5.75 Å². The van der Waals surface area contributed by atoms with E-state index in [1.165, 1.54) is 0 Å². The zero-order valence-electron chi connectivity index (χ0n) is 15.7. The average Bonchev–Trinajstić information content (AvgIpc) is 3.07. The highest BCUT2D eigenvalue weighted by Crippen LogP contribution is 2.27. The summed E-state index contributed by atoms with van der Waals surface area (Å²) in [7, 11) is 1.56. The molecule has 1 aliphatic rings. The molecule has 2 amide bonds. The molecule has 3 rings (SSSR count). The Morgan fingerprint density at radius 1 is 1.25 bits per heavy atom. The molecule has 28 heavy (non-hydrogen) atoms. The van der Waals surface area contributed by atoms with Crippen LogP contribution < -0.4 is 15.4 Å². The molecule has 1 aliphatic carbocycles. The minimum Gasteiger partial charge on any atom is -0.496 e. The smallest absolute Gasteiger partial charge is 0.224 e. The first-order valence-electron chi connectivity index (χ1n) is 9.18. The van der Waals surface area contributed by atoms with Crippen LogP contribution in [-0.4, -0.2) is 46.1 Å². The number of aliphatic hydroxyl groups excluding tert-OH is 1. The molecule has 0 bridgehead atoms. The minimum absolute atomic E-state index is 0.150. The molecular weight excluding hydrogens is 360 g/mol. The predicted octanol–water partition coefficient (Wildman–Crippen LogP) is 0.600. The molecule has 1 aromatic heterocycles. The molecule has 2 aromatic rings. The lowest BCUT2D eigenvalue weighted by Crippen LogP contribution is -2.40. The fourth-order valence-electron chi connectivity index (χ4n) is 3.41. The Morgan fingerprint density at radius 3 is 2.82 bits per heavy atom. The number of rotatable bonds is 7. The van der Waals surface area contributed by atoms with E-state index >= 15 is 0 Å². The highest BCUT2D eigenvalue weighted by Gasteiger charge is 2.37. The van der Waals surface area contributed by atoms with Gasteiger partial charge in [-0.05, 0) is 18.9 Å². The zero-order chi connectivity index (χ0) is 19.9. The number of nitrogens with zero attached hydrogens (tertiary/aromatic N) is 2. The van der Waals surface area contributed by atoms with Crippen molar-refractivity contribution in [3.63, 3.8) is 0 Å². The van der Waals surface area contributed by atoms with Crippen LogP contribution in [0.2, 0.25) is 0 Å². The second-order valence-corrected chi connectivity index (χ2v) is 6.81. The highest BCUT2D eigenvalue weighted by atomic mass is 16.5. The van der Waals surface area contributed by atoms with Crippen molar-refractivity contribution in [2.45, 2.75) is 38.0 Å². The number of para-hydroxylation sites is 1. The van der Waals surface area contributed by atoms with Crippen LogP contribution in [0.5, 0.6) is 5.75 Å². The number of carbonyl (C=O) groups excluding carboxylic acids is 2. The normalized spacial score (nSPS) is 21.1. The van der Waals surface area contributed by atoms with Gasteiger partial charge in [-0.15, -0.1) is 0 Å². The Bertz CT molecular complexity index is 815. The van der Waals surface area contributed by atoms with Crippen LogP contribution in [0.3, 0.4) is 0 Å². The monoisotopic (exact) mass is 384 g/mol. The number of ether oxygens (including phenoxy) is 1. The van der Waals surface area contributed by atoms with Crippen LogP contribution in [0.4, 0.5) is 0 Å². The van der Waals surface area contributed by atoms with Crippen LogP contribution in [-0.2, 0) is 22.6 Å². The van der Waals surface area contributed by atoms with E-state index in [0.29, 0.717) is 24.3 Å². The molecule has 0 spiro atoms. The van der Waals surface area contributed by atoms with Gasteiger partial charge in [-0.1, -0.05) is 18.2 Å². The number of hydrogen-bond acceptors (Lipinski definition) is 6. The minimum atomic E-state index is -0.756. The van der Waals surface area contributed by atoms with Crippen LogP contribution in [0.25, 0.3) is 0 Å². The maximum Gasteiger partial charge on any atom is 0.224 e. The summed E-state index contributed by atoms with van der Waals surface area (Å²) in [4.78, 5) is 32.8. The lowest BCUT2D eigenvalue weighted by atomic mass is 10.1. The Morgan fingerprint density at radius 2 is 2.07 bits per heavy atom. The summed E-state index contributed by atoms with van der Waals surface area (Å²) in [5.41, 5.74) is 1.43. The first-order valence-corrected chi connectivity index (χ1v) is 9.18. The fourth-order valence-corrected chi connectivity index (χ4v) is 3.41. The predicted molar refractivity (Wildman–Crippen MR) is 101 cm³/mol. The topological polar surface area (TPSA) is 113 Å². The maximum absolute atomic E-state index is 12.4. The second kappa shape index (κ2) is 9.27. The standard InChI is InChI=1S/C20H24N4O4/c1-28-18-5-3-2-4-13(18)10-19(26)24-16-8-14(9-17(16)25)20(27)23-12-15-11-21-6-7-22-15/h2-7,11,14,16-17,25H,8-10,12H2,1H3,(H,23,27)(H,24,26)/t14-,16+,17+/m0/s1. The SMILES string of the molecule is COc1ccccc1CC(=O)N[C@@H]1C[C@H](C(=O)NCc2cnccn2)C[C@H]1O. The third kappa shape index (κ3) is 5.04. The summed E-state index contributed by atoms with van der Waals surface area (Å²) < 4.78 is 5.26. The molecule has 148 valence electrons. The van der Waals surface area contributed by atoms with Crippen LogP contribution in [0.15, 0.2) is 42.9 Å². The number of methoxy groups -OCH3 is 1. The summed E-state index contributed by atoms with van der Waals surface area (Å²) in [5.74, 6) is -0.0885. The van der Waals surface area contributed by atoms with Gasteiger partial charge in [-0.3, -0.25) is 19.6 Å². The third-order valence-electron chi connectivity index (χ3n) is 4.85. The van der Waals surface area contributed by atoms with Crippen molar-refractivity contribution in [3.05, 3.63) is 54.1 Å². The molecule has 8 nitrogen and oxygen atoms in total. The van der Waals surface area contributed by atoms with Crippen molar-refractivity contribution in [2.24, 2.45) is 5.92 Å². The van der Waals surface area contributed by atoms with E-state index in [9.17, 15) is 14.7 Å². The lowest BCUT2D eigenvalue weighted by Gasteiger charge is -2.17. The van der Waals surface area contributed by atoms with Gasteiger partial charge in [-0.25, -0.2) is 0 Å². The summed E-state index contributed by atoms with van der Waals surface area (Å²) in [6.45, 7) is 0.282. The summed E-state index contributed by atoms with van der Waals surface area (Å²) in [5, 5.41) is 15.9. The number of amides is 2. The Balaban J connectivity index is 1.50. The van der Waals surface area contributed by atoms with Crippen LogP contribution >= 0.6 is 0 Å². The highest BCUT2D eigenvalue weighted by molar-refractivity contribution is 5.81. The van der Waals surface area contributed by atoms with Crippen LogP contribution in [0.1, 0.15) is 24.1 Å². The van der Waals surface area contributed by atoms with Crippen molar-refractivity contribution in [1.82, 2.24) is 20.6 Å². The number of aliphatic hydroxyl groups is 1.